The Hall–Kier alpha value is -0.510. The molecule has 0 aliphatic carbocycles. The number of nitrogens with two attached hydrogens (primary N) is 1. The molecule has 0 aliphatic rings. The monoisotopic (exact) mass is 266 g/mol. The molecule has 0 aromatic heterocycles. The second-order valence-electron chi connectivity index (χ2n) is 4.59. The molecule has 18 heavy (non-hydrogen) atoms. The van der Waals surface area contributed by atoms with Gasteiger partial charge in [0.1, 0.15) is 0 Å². The van der Waals surface area contributed by atoms with Gasteiger partial charge in [0, 0.05) is 23.6 Å². The molecule has 1 aromatic carbocycles. The lowest BCUT2D eigenvalue weighted by atomic mass is 10.1. The van der Waals surface area contributed by atoms with E-state index in [2.05, 4.69) is 56.0 Å². The fourth-order valence-corrected chi connectivity index (χ4v) is 3.31. The predicted octanol–water partition coefficient (Wildman–Crippen LogP) is 3.15. The zero-order valence-electron chi connectivity index (χ0n) is 11.8. The molecule has 2 N–H and O–H groups in total. The normalized spacial score (nSPS) is 14.7. The Balaban J connectivity index is 2.50. The van der Waals surface area contributed by atoms with Crippen LogP contribution in [0.15, 0.2) is 30.3 Å². The van der Waals surface area contributed by atoms with Gasteiger partial charge in [-0.1, -0.05) is 44.2 Å². The Labute approximate surface area is 116 Å². The van der Waals surface area contributed by atoms with Crippen molar-refractivity contribution in [3.05, 3.63) is 35.9 Å². The van der Waals surface area contributed by atoms with Crippen molar-refractivity contribution < 1.29 is 0 Å². The first-order chi connectivity index (χ1) is 8.69. The van der Waals surface area contributed by atoms with Gasteiger partial charge < -0.3 is 10.6 Å². The first-order valence-electron chi connectivity index (χ1n) is 6.83. The van der Waals surface area contributed by atoms with Crippen molar-refractivity contribution in [2.24, 2.45) is 5.73 Å². The van der Waals surface area contributed by atoms with E-state index in [0.29, 0.717) is 5.25 Å². The van der Waals surface area contributed by atoms with Gasteiger partial charge in [-0.25, -0.2) is 0 Å². The molecule has 0 heterocycles. The van der Waals surface area contributed by atoms with Gasteiger partial charge in [0.15, 0.2) is 0 Å². The van der Waals surface area contributed by atoms with Crippen LogP contribution < -0.4 is 5.73 Å². The van der Waals surface area contributed by atoms with Gasteiger partial charge in [0.2, 0.25) is 0 Å². The standard InChI is InChI=1S/C15H26N2S/c1-4-17(5-2)11-12-18-15(13(3)16)14-9-7-6-8-10-14/h6-10,13,15H,4-5,11-12,16H2,1-3H3. The van der Waals surface area contributed by atoms with E-state index in [9.17, 15) is 0 Å². The van der Waals surface area contributed by atoms with Crippen LogP contribution in [0.5, 0.6) is 0 Å². The fourth-order valence-electron chi connectivity index (χ4n) is 2.04. The van der Waals surface area contributed by atoms with E-state index in [0.717, 1.165) is 25.4 Å². The first-order valence-corrected chi connectivity index (χ1v) is 7.88. The third kappa shape index (κ3) is 5.01. The number of hydrogen-bond donors (Lipinski definition) is 1. The molecule has 0 amide bonds. The van der Waals surface area contributed by atoms with Crippen LogP contribution in [-0.2, 0) is 0 Å². The Morgan fingerprint density at radius 1 is 1.17 bits per heavy atom. The molecule has 1 rings (SSSR count). The van der Waals surface area contributed by atoms with Crippen molar-refractivity contribution in [3.63, 3.8) is 0 Å². The zero-order valence-corrected chi connectivity index (χ0v) is 12.6. The molecule has 0 radical (unpaired) electrons. The maximum atomic E-state index is 6.12. The minimum Gasteiger partial charge on any atom is -0.327 e. The SMILES string of the molecule is CCN(CC)CCSC(c1ccccc1)C(C)N. The summed E-state index contributed by atoms with van der Waals surface area (Å²) >= 11 is 1.98. The maximum absolute atomic E-state index is 6.12. The van der Waals surface area contributed by atoms with Gasteiger partial charge in [-0.2, -0.15) is 11.8 Å². The molecular formula is C15H26N2S. The Morgan fingerprint density at radius 2 is 1.78 bits per heavy atom. The van der Waals surface area contributed by atoms with Crippen molar-refractivity contribution in [2.75, 3.05) is 25.4 Å². The highest BCUT2D eigenvalue weighted by atomic mass is 32.2. The highest BCUT2D eigenvalue weighted by Gasteiger charge is 2.16. The van der Waals surface area contributed by atoms with E-state index >= 15 is 0 Å². The van der Waals surface area contributed by atoms with Gasteiger partial charge in [0.05, 0.1) is 0 Å². The van der Waals surface area contributed by atoms with Gasteiger partial charge >= 0.3 is 0 Å². The molecule has 0 aliphatic heterocycles. The number of rotatable bonds is 8. The maximum Gasteiger partial charge on any atom is 0.0446 e. The molecule has 2 atom stereocenters. The van der Waals surface area contributed by atoms with Gasteiger partial charge in [-0.15, -0.1) is 0 Å². The average Bonchev–Trinajstić information content (AvgIpc) is 2.39. The van der Waals surface area contributed by atoms with Crippen LogP contribution in [0.3, 0.4) is 0 Å². The summed E-state index contributed by atoms with van der Waals surface area (Å²) in [5.74, 6) is 1.14. The van der Waals surface area contributed by atoms with Gasteiger partial charge in [-0.3, -0.25) is 0 Å². The number of benzene rings is 1. The summed E-state index contributed by atoms with van der Waals surface area (Å²) in [5, 5.41) is 0.404. The summed E-state index contributed by atoms with van der Waals surface area (Å²) in [7, 11) is 0. The molecule has 102 valence electrons. The van der Waals surface area contributed by atoms with Crippen molar-refractivity contribution in [3.8, 4) is 0 Å². The van der Waals surface area contributed by atoms with Crippen LogP contribution in [0.4, 0.5) is 0 Å². The van der Waals surface area contributed by atoms with Crippen LogP contribution in [-0.4, -0.2) is 36.3 Å². The van der Waals surface area contributed by atoms with Crippen LogP contribution in [0.25, 0.3) is 0 Å². The third-order valence-electron chi connectivity index (χ3n) is 3.20. The molecule has 3 heteroatoms. The fraction of sp³-hybridized carbons (Fsp3) is 0.600. The number of thioether (sulfide) groups is 1. The smallest absolute Gasteiger partial charge is 0.0446 e. The van der Waals surface area contributed by atoms with Crippen molar-refractivity contribution >= 4 is 11.8 Å². The summed E-state index contributed by atoms with van der Waals surface area (Å²) < 4.78 is 0. The van der Waals surface area contributed by atoms with E-state index < -0.39 is 0 Å². The van der Waals surface area contributed by atoms with Crippen LogP contribution in [0.1, 0.15) is 31.6 Å². The summed E-state index contributed by atoms with van der Waals surface area (Å²) in [6.07, 6.45) is 0. The van der Waals surface area contributed by atoms with Gasteiger partial charge in [-0.05, 0) is 25.6 Å². The average molecular weight is 266 g/mol. The lowest BCUT2D eigenvalue weighted by molar-refractivity contribution is 0.323. The molecule has 2 nitrogen and oxygen atoms in total. The quantitative estimate of drug-likeness (QED) is 0.784. The topological polar surface area (TPSA) is 29.3 Å². The highest BCUT2D eigenvalue weighted by molar-refractivity contribution is 7.99. The summed E-state index contributed by atoms with van der Waals surface area (Å²) in [6.45, 7) is 9.94. The molecule has 0 fully saturated rings. The molecule has 0 spiro atoms. The Morgan fingerprint density at radius 3 is 2.28 bits per heavy atom. The molecule has 0 saturated heterocycles. The lowest BCUT2D eigenvalue weighted by Gasteiger charge is -2.23. The highest BCUT2D eigenvalue weighted by Crippen LogP contribution is 2.30. The van der Waals surface area contributed by atoms with E-state index in [-0.39, 0.29) is 6.04 Å². The minimum atomic E-state index is 0.189. The minimum absolute atomic E-state index is 0.189. The summed E-state index contributed by atoms with van der Waals surface area (Å²) in [4.78, 5) is 2.45. The number of nitrogens with zero attached hydrogens (tertiary/aromatic N) is 1. The summed E-state index contributed by atoms with van der Waals surface area (Å²) in [5.41, 5.74) is 7.46. The second-order valence-corrected chi connectivity index (χ2v) is 5.84. The molecule has 1 aromatic rings. The first kappa shape index (κ1) is 15.5. The molecular weight excluding hydrogens is 240 g/mol. The second kappa shape index (κ2) is 8.57. The van der Waals surface area contributed by atoms with Crippen molar-refractivity contribution in [2.45, 2.75) is 32.1 Å². The zero-order chi connectivity index (χ0) is 13.4. The van der Waals surface area contributed by atoms with Crippen molar-refractivity contribution in [1.82, 2.24) is 4.90 Å². The Kier molecular flexibility index (Phi) is 7.40. The van der Waals surface area contributed by atoms with Crippen LogP contribution >= 0.6 is 11.8 Å². The van der Waals surface area contributed by atoms with Crippen molar-refractivity contribution in [1.29, 1.82) is 0 Å². The van der Waals surface area contributed by atoms with E-state index in [4.69, 9.17) is 5.73 Å². The Bertz CT molecular complexity index is 310. The largest absolute Gasteiger partial charge is 0.327 e. The third-order valence-corrected chi connectivity index (χ3v) is 4.68. The van der Waals surface area contributed by atoms with Crippen LogP contribution in [0.2, 0.25) is 0 Å². The molecule has 0 bridgehead atoms. The lowest BCUT2D eigenvalue weighted by Crippen LogP contribution is -2.27. The predicted molar refractivity (Wildman–Crippen MR) is 83.1 cm³/mol. The molecule has 2 unspecified atom stereocenters. The van der Waals surface area contributed by atoms with E-state index in [1.165, 1.54) is 5.56 Å². The van der Waals surface area contributed by atoms with E-state index in [1.54, 1.807) is 0 Å². The molecule has 0 saturated carbocycles. The van der Waals surface area contributed by atoms with E-state index in [1.807, 2.05) is 11.8 Å². The number of hydrogen-bond acceptors (Lipinski definition) is 3. The van der Waals surface area contributed by atoms with Crippen LogP contribution in [0, 0.1) is 0 Å². The summed E-state index contributed by atoms with van der Waals surface area (Å²) in [6, 6.07) is 10.8. The van der Waals surface area contributed by atoms with Gasteiger partial charge in [0.25, 0.3) is 0 Å².